The third-order valence-corrected chi connectivity index (χ3v) is 4.90. The van der Waals surface area contributed by atoms with Crippen molar-refractivity contribution in [1.29, 1.82) is 0 Å². The second-order valence-electron chi connectivity index (χ2n) is 5.73. The molecule has 0 spiro atoms. The zero-order valence-corrected chi connectivity index (χ0v) is 16.9. The Bertz CT molecular complexity index is 730. The molecule has 26 heavy (non-hydrogen) atoms. The Labute approximate surface area is 166 Å². The van der Waals surface area contributed by atoms with Crippen LogP contribution in [0.5, 0.6) is 11.5 Å². The standard InChI is InChI=1S/C19H22BrClFNO3/c1-25-18-8-14(11-23-6-2-3-7-24)16(20)10-19(18)26-12-13-4-5-15(22)9-17(13)21/h4-5,8-10,23-24H,2-3,6-7,11-12H2,1H3. The zero-order chi connectivity index (χ0) is 18.9. The van der Waals surface area contributed by atoms with Crippen molar-refractivity contribution in [2.45, 2.75) is 26.0 Å². The van der Waals surface area contributed by atoms with Crippen LogP contribution in [-0.2, 0) is 13.2 Å². The monoisotopic (exact) mass is 445 g/mol. The van der Waals surface area contributed by atoms with Gasteiger partial charge in [-0.2, -0.15) is 0 Å². The van der Waals surface area contributed by atoms with Gasteiger partial charge in [0.05, 0.1) is 12.1 Å². The molecule has 0 aliphatic rings. The number of hydrogen-bond acceptors (Lipinski definition) is 4. The van der Waals surface area contributed by atoms with E-state index in [1.807, 2.05) is 12.1 Å². The van der Waals surface area contributed by atoms with Gasteiger partial charge in [-0.3, -0.25) is 0 Å². The van der Waals surface area contributed by atoms with Crippen LogP contribution in [0.4, 0.5) is 4.39 Å². The number of benzene rings is 2. The number of nitrogens with one attached hydrogen (secondary N) is 1. The summed E-state index contributed by atoms with van der Waals surface area (Å²) in [6, 6.07) is 7.97. The van der Waals surface area contributed by atoms with Gasteiger partial charge in [-0.05, 0) is 49.2 Å². The first-order valence-corrected chi connectivity index (χ1v) is 9.47. The van der Waals surface area contributed by atoms with Crippen molar-refractivity contribution >= 4 is 27.5 Å². The minimum absolute atomic E-state index is 0.209. The lowest BCUT2D eigenvalue weighted by Gasteiger charge is -2.15. The summed E-state index contributed by atoms with van der Waals surface area (Å²) in [7, 11) is 1.58. The fourth-order valence-electron chi connectivity index (χ4n) is 2.36. The summed E-state index contributed by atoms with van der Waals surface area (Å²) < 4.78 is 25.3. The van der Waals surface area contributed by atoms with Crippen LogP contribution in [0.25, 0.3) is 0 Å². The SMILES string of the molecule is COc1cc(CNCCCCO)c(Br)cc1OCc1ccc(F)cc1Cl. The van der Waals surface area contributed by atoms with Gasteiger partial charge in [0, 0.05) is 23.2 Å². The number of aliphatic hydroxyl groups excluding tert-OH is 1. The smallest absolute Gasteiger partial charge is 0.162 e. The van der Waals surface area contributed by atoms with Crippen molar-refractivity contribution in [3.05, 3.63) is 56.8 Å². The number of halogens is 3. The zero-order valence-electron chi connectivity index (χ0n) is 14.5. The van der Waals surface area contributed by atoms with Crippen LogP contribution in [-0.4, -0.2) is 25.4 Å². The Hall–Kier alpha value is -1.34. The van der Waals surface area contributed by atoms with Gasteiger partial charge in [-0.15, -0.1) is 0 Å². The average Bonchev–Trinajstić information content (AvgIpc) is 2.62. The third-order valence-electron chi connectivity index (χ3n) is 3.81. The molecule has 142 valence electrons. The van der Waals surface area contributed by atoms with Crippen LogP contribution in [0.2, 0.25) is 5.02 Å². The molecular weight excluding hydrogens is 425 g/mol. The van der Waals surface area contributed by atoms with Gasteiger partial charge in [0.1, 0.15) is 12.4 Å². The molecule has 0 atom stereocenters. The molecule has 0 aliphatic heterocycles. The minimum atomic E-state index is -0.380. The second kappa shape index (κ2) is 10.7. The summed E-state index contributed by atoms with van der Waals surface area (Å²) in [5, 5.41) is 12.5. The van der Waals surface area contributed by atoms with Crippen LogP contribution >= 0.6 is 27.5 Å². The van der Waals surface area contributed by atoms with E-state index in [2.05, 4.69) is 21.2 Å². The molecule has 0 saturated heterocycles. The van der Waals surface area contributed by atoms with Gasteiger partial charge in [-0.1, -0.05) is 33.6 Å². The maximum absolute atomic E-state index is 13.1. The lowest BCUT2D eigenvalue weighted by molar-refractivity contribution is 0.283. The number of aliphatic hydroxyl groups is 1. The molecule has 0 aromatic heterocycles. The van der Waals surface area contributed by atoms with E-state index in [0.29, 0.717) is 28.6 Å². The largest absolute Gasteiger partial charge is 0.493 e. The first kappa shape index (κ1) is 21.0. The van der Waals surface area contributed by atoms with Gasteiger partial charge in [0.2, 0.25) is 0 Å². The highest BCUT2D eigenvalue weighted by molar-refractivity contribution is 9.10. The maximum Gasteiger partial charge on any atom is 0.162 e. The lowest BCUT2D eigenvalue weighted by Crippen LogP contribution is -2.15. The van der Waals surface area contributed by atoms with Crippen molar-refractivity contribution in [3.63, 3.8) is 0 Å². The fraction of sp³-hybridized carbons (Fsp3) is 0.368. The normalized spacial score (nSPS) is 10.8. The Balaban J connectivity index is 2.03. The van der Waals surface area contributed by atoms with E-state index in [0.717, 1.165) is 29.4 Å². The molecule has 2 N–H and O–H groups in total. The first-order chi connectivity index (χ1) is 12.5. The van der Waals surface area contributed by atoms with E-state index < -0.39 is 0 Å². The van der Waals surface area contributed by atoms with Crippen LogP contribution in [0.3, 0.4) is 0 Å². The minimum Gasteiger partial charge on any atom is -0.493 e. The molecule has 0 aliphatic carbocycles. The molecule has 2 aromatic rings. The van der Waals surface area contributed by atoms with Gasteiger partial charge in [0.15, 0.2) is 11.5 Å². The topological polar surface area (TPSA) is 50.7 Å². The quantitative estimate of drug-likeness (QED) is 0.520. The molecule has 2 rings (SSSR count). The summed E-state index contributed by atoms with van der Waals surface area (Å²) >= 11 is 9.59. The Morgan fingerprint density at radius 2 is 1.96 bits per heavy atom. The number of hydrogen-bond donors (Lipinski definition) is 2. The van der Waals surface area contributed by atoms with Gasteiger partial charge < -0.3 is 19.9 Å². The molecule has 0 fully saturated rings. The van der Waals surface area contributed by atoms with Crippen LogP contribution in [0.1, 0.15) is 24.0 Å². The summed E-state index contributed by atoms with van der Waals surface area (Å²) in [6.07, 6.45) is 1.71. The molecular formula is C19H22BrClFNO3. The van der Waals surface area contributed by atoms with Crippen molar-refractivity contribution in [3.8, 4) is 11.5 Å². The summed E-state index contributed by atoms with van der Waals surface area (Å²) in [5.74, 6) is 0.803. The van der Waals surface area contributed by atoms with Crippen molar-refractivity contribution in [2.24, 2.45) is 0 Å². The predicted octanol–water partition coefficient (Wildman–Crippen LogP) is 4.69. The van der Waals surface area contributed by atoms with Crippen LogP contribution in [0, 0.1) is 5.82 Å². The summed E-state index contributed by atoms with van der Waals surface area (Å²) in [5.41, 5.74) is 1.74. The van der Waals surface area contributed by atoms with Crippen LogP contribution < -0.4 is 14.8 Å². The fourth-order valence-corrected chi connectivity index (χ4v) is 3.05. The van der Waals surface area contributed by atoms with E-state index in [9.17, 15) is 4.39 Å². The van der Waals surface area contributed by atoms with Gasteiger partial charge in [0.25, 0.3) is 0 Å². The van der Waals surface area contributed by atoms with Crippen molar-refractivity contribution in [1.82, 2.24) is 5.32 Å². The van der Waals surface area contributed by atoms with E-state index in [1.165, 1.54) is 12.1 Å². The molecule has 2 aromatic carbocycles. The van der Waals surface area contributed by atoms with Crippen LogP contribution in [0.15, 0.2) is 34.8 Å². The molecule has 0 unspecified atom stereocenters. The highest BCUT2D eigenvalue weighted by Crippen LogP contribution is 2.34. The molecule has 0 bridgehead atoms. The van der Waals surface area contributed by atoms with E-state index in [4.69, 9.17) is 26.2 Å². The molecule has 4 nitrogen and oxygen atoms in total. The Kier molecular flexibility index (Phi) is 8.65. The van der Waals surface area contributed by atoms with E-state index in [-0.39, 0.29) is 19.0 Å². The number of ether oxygens (including phenoxy) is 2. The maximum atomic E-state index is 13.1. The Morgan fingerprint density at radius 3 is 2.65 bits per heavy atom. The predicted molar refractivity (Wildman–Crippen MR) is 104 cm³/mol. The molecule has 0 amide bonds. The van der Waals surface area contributed by atoms with E-state index in [1.54, 1.807) is 13.2 Å². The van der Waals surface area contributed by atoms with Crippen molar-refractivity contribution < 1.29 is 19.0 Å². The molecule has 0 radical (unpaired) electrons. The average molecular weight is 447 g/mol. The number of methoxy groups -OCH3 is 1. The second-order valence-corrected chi connectivity index (χ2v) is 6.99. The molecule has 0 saturated carbocycles. The highest BCUT2D eigenvalue weighted by Gasteiger charge is 2.11. The molecule has 0 heterocycles. The highest BCUT2D eigenvalue weighted by atomic mass is 79.9. The van der Waals surface area contributed by atoms with Gasteiger partial charge in [-0.25, -0.2) is 4.39 Å². The van der Waals surface area contributed by atoms with E-state index >= 15 is 0 Å². The van der Waals surface area contributed by atoms with Gasteiger partial charge >= 0.3 is 0 Å². The Morgan fingerprint density at radius 1 is 1.15 bits per heavy atom. The third kappa shape index (κ3) is 6.13. The first-order valence-electron chi connectivity index (χ1n) is 8.30. The number of rotatable bonds is 10. The lowest BCUT2D eigenvalue weighted by atomic mass is 10.2. The number of unbranched alkanes of at least 4 members (excludes halogenated alkanes) is 1. The van der Waals surface area contributed by atoms with Crippen molar-refractivity contribution in [2.75, 3.05) is 20.3 Å². The summed E-state index contributed by atoms with van der Waals surface area (Å²) in [6.45, 7) is 1.92. The summed E-state index contributed by atoms with van der Waals surface area (Å²) in [4.78, 5) is 0. The molecule has 7 heteroatoms.